The molecule has 0 bridgehead atoms. The minimum atomic E-state index is 0. The molecule has 0 amide bonds. The number of hydrogen-bond donors (Lipinski definition) is 0. The van der Waals surface area contributed by atoms with E-state index in [2.05, 4.69) is 174 Å². The maximum atomic E-state index is 3.06. The van der Waals surface area contributed by atoms with Gasteiger partial charge in [0.05, 0.1) is 0 Å². The number of rotatable bonds is 4. The van der Waals surface area contributed by atoms with Crippen LogP contribution >= 0.6 is 0 Å². The molecule has 0 unspecified atom stereocenters. The molecule has 0 spiro atoms. The van der Waals surface area contributed by atoms with E-state index < -0.39 is 0 Å². The Hall–Kier alpha value is -3.58. The Kier molecular flexibility index (Phi) is 13.3. The van der Waals surface area contributed by atoms with Gasteiger partial charge in [0, 0.05) is 0 Å². The number of hydrogen-bond acceptors (Lipinski definition) is 0. The van der Waals surface area contributed by atoms with E-state index in [4.69, 9.17) is 0 Å². The van der Waals surface area contributed by atoms with Crippen LogP contribution in [-0.4, -0.2) is 6.88 Å². The van der Waals surface area contributed by atoms with E-state index in [-0.39, 0.29) is 14.9 Å². The van der Waals surface area contributed by atoms with Gasteiger partial charge in [0.25, 0.3) is 0 Å². The Morgan fingerprint density at radius 3 is 1.71 bits per heavy atom. The molecule has 0 aliphatic carbocycles. The topological polar surface area (TPSA) is 0 Å². The molecule has 0 N–H and O–H groups in total. The molecule has 0 aliphatic rings. The molecule has 0 fully saturated rings. The Bertz CT molecular complexity index is 1920. The van der Waals surface area contributed by atoms with Gasteiger partial charge in [0.15, 0.2) is 0 Å². The van der Waals surface area contributed by atoms with Crippen molar-refractivity contribution in [3.63, 3.8) is 0 Å². The van der Waals surface area contributed by atoms with Gasteiger partial charge < -0.3 is 14.9 Å². The van der Waals surface area contributed by atoms with Crippen LogP contribution in [0.2, 0.25) is 0 Å². The fraction of sp³-hybridized carbons (Fsp3) is 0.116. The number of fused-ring (bicyclic) bond motifs is 2. The van der Waals surface area contributed by atoms with Crippen LogP contribution in [0, 0.1) is 28.7 Å². The van der Waals surface area contributed by atoms with E-state index in [1.165, 1.54) is 95.0 Å². The van der Waals surface area contributed by atoms with Gasteiger partial charge >= 0.3 is 30.2 Å². The van der Waals surface area contributed by atoms with Crippen molar-refractivity contribution in [2.75, 3.05) is 0 Å². The fourth-order valence-electron chi connectivity index (χ4n) is 5.70. The van der Waals surface area contributed by atoms with Crippen LogP contribution in [0.25, 0.3) is 54.9 Å². The summed E-state index contributed by atoms with van der Waals surface area (Å²) in [6, 6.07) is 50.4. The Labute approximate surface area is 288 Å². The third-order valence-corrected chi connectivity index (χ3v) is 7.96. The summed E-state index contributed by atoms with van der Waals surface area (Å²) < 4.78 is 0. The van der Waals surface area contributed by atoms with Crippen molar-refractivity contribution in [3.05, 3.63) is 171 Å². The van der Waals surface area contributed by atoms with Gasteiger partial charge in [-0.25, -0.2) is 0 Å². The molecule has 0 saturated carbocycles. The molecule has 7 rings (SSSR count). The molecule has 7 aromatic rings. The Morgan fingerprint density at radius 2 is 1.09 bits per heavy atom. The third kappa shape index (κ3) is 8.37. The molecule has 0 aliphatic heterocycles. The predicted octanol–water partition coefficient (Wildman–Crippen LogP) is 12.4. The summed E-state index contributed by atoms with van der Waals surface area (Å²) in [7, 11) is 0. The fourth-order valence-corrected chi connectivity index (χ4v) is 5.70. The monoisotopic (exact) mass is 676 g/mol. The van der Waals surface area contributed by atoms with Crippen LogP contribution in [0.5, 0.6) is 0 Å². The summed E-state index contributed by atoms with van der Waals surface area (Å²) in [5, 5.41) is 5.37. The standard InChI is InChI=1S/C22H17.C19H19.2CH3.Si.Zr/c1-16-12-20-14-19(17-8-4-2-5-9-17)15-22(21(20)13-16)18-10-6-3-7-11-18;1-13(2)17-11-16-5-4-6-18(19(16)12-17)15-9-7-14(3)8-10-15;;;;/h2-15H,1H3;4-13H,1-3H3;2*1H3;;/q4*-1;;. The molecule has 45 heavy (non-hydrogen) atoms. The average molecular weight is 678 g/mol. The van der Waals surface area contributed by atoms with Gasteiger partial charge in [-0.1, -0.05) is 140 Å². The quantitative estimate of drug-likeness (QED) is 0.128. The molecule has 7 aromatic carbocycles. The molecule has 0 saturated heterocycles. The molecule has 0 heterocycles. The van der Waals surface area contributed by atoms with E-state index in [1.807, 2.05) is 0 Å². The summed E-state index contributed by atoms with van der Waals surface area (Å²) in [6.07, 6.45) is 0. The van der Waals surface area contributed by atoms with Crippen LogP contribution in [0.1, 0.15) is 36.5 Å². The molecular formula is C43H42SiZr-4. The summed E-state index contributed by atoms with van der Waals surface area (Å²) in [6.45, 7) is 11.9. The van der Waals surface area contributed by atoms with Gasteiger partial charge in [0.2, 0.25) is 0 Å². The van der Waals surface area contributed by atoms with Crippen LogP contribution in [0.4, 0.5) is 0 Å². The van der Waals surface area contributed by atoms with Crippen molar-refractivity contribution in [1.29, 1.82) is 0 Å². The second-order valence-electron chi connectivity index (χ2n) is 11.4. The maximum absolute atomic E-state index is 3.06. The second-order valence-corrected chi connectivity index (χ2v) is 11.4. The van der Waals surface area contributed by atoms with E-state index in [9.17, 15) is 0 Å². The first-order chi connectivity index (χ1) is 21.0. The zero-order valence-electron chi connectivity index (χ0n) is 27.4. The van der Waals surface area contributed by atoms with Gasteiger partial charge in [-0.3, -0.25) is 0 Å². The van der Waals surface area contributed by atoms with Crippen molar-refractivity contribution < 1.29 is 23.3 Å². The van der Waals surface area contributed by atoms with Crippen LogP contribution < -0.4 is 0 Å². The van der Waals surface area contributed by atoms with Crippen LogP contribution in [0.3, 0.4) is 0 Å². The summed E-state index contributed by atoms with van der Waals surface area (Å²) in [4.78, 5) is 0. The molecule has 0 aromatic heterocycles. The van der Waals surface area contributed by atoms with Gasteiger partial charge in [0.1, 0.15) is 0 Å². The summed E-state index contributed by atoms with van der Waals surface area (Å²) >= 11 is 1.36. The molecule has 0 atom stereocenters. The zero-order valence-corrected chi connectivity index (χ0v) is 30.8. The predicted molar refractivity (Wildman–Crippen MR) is 198 cm³/mol. The van der Waals surface area contributed by atoms with Crippen LogP contribution in [-0.2, 0) is 23.3 Å². The van der Waals surface area contributed by atoms with Crippen LogP contribution in [0.15, 0.2) is 140 Å². The first kappa shape index (κ1) is 35.9. The normalized spacial score (nSPS) is 10.2. The molecule has 0 nitrogen and oxygen atoms in total. The van der Waals surface area contributed by atoms with E-state index in [0.717, 1.165) is 0 Å². The van der Waals surface area contributed by atoms with E-state index in [0.29, 0.717) is 5.92 Å². The van der Waals surface area contributed by atoms with Gasteiger partial charge in [-0.2, -0.15) is 12.1 Å². The van der Waals surface area contributed by atoms with E-state index in [1.54, 1.807) is 0 Å². The average Bonchev–Trinajstić information content (AvgIpc) is 3.66. The Morgan fingerprint density at radius 1 is 0.511 bits per heavy atom. The van der Waals surface area contributed by atoms with E-state index >= 15 is 0 Å². The SMILES string of the molecule is Cc1cc2c(-c3ccccc3)cc(-c3ccccc3)cc2[cH-]1.Cc1ccc(-c2cccc3[cH-]c(C(C)C)cc23)cc1.[CH3-].[CH3-].[Si]=[Zr]. The zero-order chi connectivity index (χ0) is 30.3. The summed E-state index contributed by atoms with van der Waals surface area (Å²) in [5.74, 6) is 0.582. The van der Waals surface area contributed by atoms with Crippen molar-refractivity contribution in [3.8, 4) is 33.4 Å². The Balaban J connectivity index is 0.000000225. The first-order valence-electron chi connectivity index (χ1n) is 14.8. The van der Waals surface area contributed by atoms with Crippen molar-refractivity contribution in [2.24, 2.45) is 0 Å². The first-order valence-corrected chi connectivity index (χ1v) is 19.0. The summed E-state index contributed by atoms with van der Waals surface area (Å²) in [5.41, 5.74) is 11.8. The molecule has 226 valence electrons. The van der Waals surface area contributed by atoms with Crippen molar-refractivity contribution >= 4 is 28.4 Å². The minimum absolute atomic E-state index is 0. The second kappa shape index (κ2) is 16.6. The molecular weight excluding hydrogens is 636 g/mol. The number of benzene rings is 5. The molecule has 2 heteroatoms. The van der Waals surface area contributed by atoms with Crippen molar-refractivity contribution in [2.45, 2.75) is 33.6 Å². The van der Waals surface area contributed by atoms with Crippen molar-refractivity contribution in [1.82, 2.24) is 0 Å². The van der Waals surface area contributed by atoms with Gasteiger partial charge in [-0.05, 0) is 29.5 Å². The molecule has 2 radical (unpaired) electrons. The van der Waals surface area contributed by atoms with Gasteiger partial charge in [-0.15, -0.1) is 63.0 Å². The third-order valence-electron chi connectivity index (χ3n) is 7.96. The number of aryl methyl sites for hydroxylation is 2.